The van der Waals surface area contributed by atoms with Crippen LogP contribution in [0.4, 0.5) is 0 Å². The fourth-order valence-electron chi connectivity index (χ4n) is 5.71. The first-order chi connectivity index (χ1) is 22.4. The van der Waals surface area contributed by atoms with Crippen LogP contribution in [-0.4, -0.2) is 62.1 Å². The number of hydrogen-bond donors (Lipinski definition) is 2. The average Bonchev–Trinajstić information content (AvgIpc) is 3.07. The van der Waals surface area contributed by atoms with Gasteiger partial charge >= 0.3 is 5.97 Å². The third kappa shape index (κ3) is 10.7. The van der Waals surface area contributed by atoms with Crippen LogP contribution < -0.4 is 20.8 Å². The van der Waals surface area contributed by atoms with E-state index in [-0.39, 0.29) is 42.1 Å². The summed E-state index contributed by atoms with van der Waals surface area (Å²) < 4.78 is 16.3. The molecule has 2 heterocycles. The summed E-state index contributed by atoms with van der Waals surface area (Å²) in [6, 6.07) is 15.2. The summed E-state index contributed by atoms with van der Waals surface area (Å²) in [7, 11) is 1.49. The summed E-state index contributed by atoms with van der Waals surface area (Å²) in [6.07, 6.45) is 6.93. The Bertz CT molecular complexity index is 1480. The number of benzene rings is 2. The first kappa shape index (κ1) is 34.7. The predicted molar refractivity (Wildman–Crippen MR) is 177 cm³/mol. The standard InChI is InChI=1S/C36H47N3O7/c1-3-4-5-9-22-45-36(43)30(38-35(42)33-24-31(40)29-23-28(44-2)12-14-32(29)46-33)13-15-34(41)37-19-16-26-17-20-39(21-18-26)25-27-10-7-6-8-11-27/h6-8,10-12,14,23-24,26,30H,3-5,9,13,15-22,25H2,1-2H3,(H,37,41)(H,38,42)/t30-/m0/s1. The van der Waals surface area contributed by atoms with E-state index in [2.05, 4.69) is 46.7 Å². The number of hydrogen-bond acceptors (Lipinski definition) is 8. The highest BCUT2D eigenvalue weighted by Crippen LogP contribution is 2.22. The molecule has 1 aliphatic heterocycles. The van der Waals surface area contributed by atoms with Crippen molar-refractivity contribution >= 4 is 28.8 Å². The van der Waals surface area contributed by atoms with E-state index in [0.29, 0.717) is 18.2 Å². The Kier molecular flexibility index (Phi) is 13.6. The van der Waals surface area contributed by atoms with Crippen LogP contribution in [0.15, 0.2) is 63.8 Å². The molecule has 2 aromatic carbocycles. The number of methoxy groups -OCH3 is 1. The van der Waals surface area contributed by atoms with Gasteiger partial charge in [-0.05, 0) is 74.9 Å². The Morgan fingerprint density at radius 3 is 2.54 bits per heavy atom. The summed E-state index contributed by atoms with van der Waals surface area (Å²) in [5, 5.41) is 5.88. The first-order valence-corrected chi connectivity index (χ1v) is 16.5. The number of esters is 1. The topological polar surface area (TPSA) is 127 Å². The number of nitrogens with zero attached hydrogens (tertiary/aromatic N) is 1. The summed E-state index contributed by atoms with van der Waals surface area (Å²) >= 11 is 0. The second kappa shape index (κ2) is 18.1. The van der Waals surface area contributed by atoms with Gasteiger partial charge in [-0.25, -0.2) is 4.79 Å². The van der Waals surface area contributed by atoms with Crippen molar-refractivity contribution in [2.24, 2.45) is 5.92 Å². The molecule has 2 amide bonds. The van der Waals surface area contributed by atoms with Gasteiger partial charge in [0.2, 0.25) is 5.91 Å². The van der Waals surface area contributed by atoms with Gasteiger partial charge in [-0.1, -0.05) is 56.5 Å². The molecule has 1 fully saturated rings. The zero-order chi connectivity index (χ0) is 32.7. The van der Waals surface area contributed by atoms with Gasteiger partial charge in [0, 0.05) is 25.6 Å². The molecule has 0 unspecified atom stereocenters. The third-order valence-corrected chi connectivity index (χ3v) is 8.48. The van der Waals surface area contributed by atoms with E-state index in [9.17, 15) is 19.2 Å². The third-order valence-electron chi connectivity index (χ3n) is 8.48. The number of ether oxygens (including phenoxy) is 2. The van der Waals surface area contributed by atoms with E-state index in [0.717, 1.165) is 70.6 Å². The van der Waals surface area contributed by atoms with Crippen LogP contribution in [0.1, 0.15) is 80.8 Å². The lowest BCUT2D eigenvalue weighted by molar-refractivity contribution is -0.146. The molecule has 46 heavy (non-hydrogen) atoms. The van der Waals surface area contributed by atoms with Gasteiger partial charge in [-0.3, -0.25) is 19.3 Å². The Labute approximate surface area is 270 Å². The van der Waals surface area contributed by atoms with E-state index >= 15 is 0 Å². The van der Waals surface area contributed by atoms with Crippen molar-refractivity contribution in [3.63, 3.8) is 0 Å². The predicted octanol–water partition coefficient (Wildman–Crippen LogP) is 5.22. The fraction of sp³-hybridized carbons (Fsp3) is 0.500. The molecule has 1 aromatic heterocycles. The molecule has 2 N–H and O–H groups in total. The minimum atomic E-state index is -1.07. The van der Waals surface area contributed by atoms with E-state index in [1.807, 2.05) is 6.07 Å². The number of rotatable bonds is 17. The largest absolute Gasteiger partial charge is 0.497 e. The van der Waals surface area contributed by atoms with Crippen molar-refractivity contribution in [3.8, 4) is 5.75 Å². The molecule has 4 rings (SSSR count). The van der Waals surface area contributed by atoms with Gasteiger partial charge in [-0.2, -0.15) is 0 Å². The second-order valence-corrected chi connectivity index (χ2v) is 12.0. The van der Waals surface area contributed by atoms with E-state index in [1.165, 1.54) is 18.7 Å². The van der Waals surface area contributed by atoms with Crippen LogP contribution in [0, 0.1) is 5.92 Å². The average molecular weight is 634 g/mol. The fourth-order valence-corrected chi connectivity index (χ4v) is 5.71. The van der Waals surface area contributed by atoms with Gasteiger partial charge in [0.1, 0.15) is 17.4 Å². The number of unbranched alkanes of at least 4 members (excludes halogenated alkanes) is 3. The number of carbonyl (C=O) groups is 3. The van der Waals surface area contributed by atoms with E-state index < -0.39 is 23.3 Å². The minimum absolute atomic E-state index is 0.0346. The maximum Gasteiger partial charge on any atom is 0.328 e. The quantitative estimate of drug-likeness (QED) is 0.153. The molecule has 0 spiro atoms. The Balaban J connectivity index is 1.27. The zero-order valence-electron chi connectivity index (χ0n) is 27.1. The van der Waals surface area contributed by atoms with Crippen LogP contribution in [0.5, 0.6) is 5.75 Å². The van der Waals surface area contributed by atoms with Gasteiger partial charge < -0.3 is 24.5 Å². The molecule has 0 radical (unpaired) electrons. The smallest absolute Gasteiger partial charge is 0.328 e. The first-order valence-electron chi connectivity index (χ1n) is 16.5. The molecular weight excluding hydrogens is 586 g/mol. The maximum absolute atomic E-state index is 13.1. The molecule has 0 aliphatic carbocycles. The molecule has 3 aromatic rings. The number of likely N-dealkylation sites (tertiary alicyclic amines) is 1. The Hall–Kier alpha value is -4.18. The van der Waals surface area contributed by atoms with Crippen molar-refractivity contribution in [2.45, 2.75) is 77.3 Å². The molecular formula is C36H47N3O7. The van der Waals surface area contributed by atoms with Crippen LogP contribution in [0.2, 0.25) is 0 Å². The lowest BCUT2D eigenvalue weighted by atomic mass is 9.93. The molecule has 0 bridgehead atoms. The summed E-state index contributed by atoms with van der Waals surface area (Å²) in [5.74, 6) is -0.735. The van der Waals surface area contributed by atoms with Gasteiger partial charge in [0.15, 0.2) is 11.2 Å². The van der Waals surface area contributed by atoms with Gasteiger partial charge in [-0.15, -0.1) is 0 Å². The van der Waals surface area contributed by atoms with Crippen molar-refractivity contribution in [2.75, 3.05) is 33.4 Å². The number of piperidine rings is 1. The van der Waals surface area contributed by atoms with Crippen molar-refractivity contribution in [1.29, 1.82) is 0 Å². The highest BCUT2D eigenvalue weighted by Gasteiger charge is 2.26. The molecule has 1 aliphatic rings. The van der Waals surface area contributed by atoms with Crippen molar-refractivity contribution in [1.82, 2.24) is 15.5 Å². The zero-order valence-corrected chi connectivity index (χ0v) is 27.1. The number of nitrogens with one attached hydrogen (secondary N) is 2. The van der Waals surface area contributed by atoms with Gasteiger partial charge in [0.25, 0.3) is 5.91 Å². The van der Waals surface area contributed by atoms with Crippen molar-refractivity contribution < 1.29 is 28.3 Å². The van der Waals surface area contributed by atoms with E-state index in [1.54, 1.807) is 12.1 Å². The minimum Gasteiger partial charge on any atom is -0.497 e. The Morgan fingerprint density at radius 2 is 1.80 bits per heavy atom. The van der Waals surface area contributed by atoms with Crippen molar-refractivity contribution in [3.05, 3.63) is 76.1 Å². The van der Waals surface area contributed by atoms with Crippen LogP contribution in [0.3, 0.4) is 0 Å². The molecule has 0 saturated carbocycles. The molecule has 10 nitrogen and oxygen atoms in total. The molecule has 1 atom stereocenters. The monoisotopic (exact) mass is 633 g/mol. The lowest BCUT2D eigenvalue weighted by Gasteiger charge is -2.32. The highest BCUT2D eigenvalue weighted by atomic mass is 16.5. The van der Waals surface area contributed by atoms with E-state index in [4.69, 9.17) is 13.9 Å². The number of fused-ring (bicyclic) bond motifs is 1. The summed E-state index contributed by atoms with van der Waals surface area (Å²) in [6.45, 7) is 5.94. The highest BCUT2D eigenvalue weighted by molar-refractivity contribution is 5.96. The lowest BCUT2D eigenvalue weighted by Crippen LogP contribution is -2.43. The number of amides is 2. The SMILES string of the molecule is CCCCCCOC(=O)[C@H](CCC(=O)NCCC1CCN(Cc2ccccc2)CC1)NC(=O)c1cc(=O)c2cc(OC)ccc2o1. The second-order valence-electron chi connectivity index (χ2n) is 12.0. The molecule has 10 heteroatoms. The maximum atomic E-state index is 13.1. The Morgan fingerprint density at radius 1 is 1.02 bits per heavy atom. The van der Waals surface area contributed by atoms with Crippen LogP contribution >= 0.6 is 0 Å². The molecule has 1 saturated heterocycles. The van der Waals surface area contributed by atoms with Gasteiger partial charge in [0.05, 0.1) is 19.1 Å². The van der Waals surface area contributed by atoms with Crippen LogP contribution in [-0.2, 0) is 20.9 Å². The summed E-state index contributed by atoms with van der Waals surface area (Å²) in [5.41, 5.74) is 1.13. The number of carbonyl (C=O) groups excluding carboxylic acids is 3. The molecule has 248 valence electrons. The normalized spacial score (nSPS) is 14.5. The summed E-state index contributed by atoms with van der Waals surface area (Å²) in [4.78, 5) is 54.0. The van der Waals surface area contributed by atoms with Crippen LogP contribution in [0.25, 0.3) is 11.0 Å².